The van der Waals surface area contributed by atoms with E-state index in [0.29, 0.717) is 24.8 Å². The monoisotopic (exact) mass is 1020 g/mol. The van der Waals surface area contributed by atoms with Gasteiger partial charge in [-0.25, -0.2) is 4.79 Å². The number of carboxylic acids is 1. The summed E-state index contributed by atoms with van der Waals surface area (Å²) in [6.07, 6.45) is 12.6. The molecule has 16 heteroatoms. The second-order valence-corrected chi connectivity index (χ2v) is 17.6. The van der Waals surface area contributed by atoms with Crippen molar-refractivity contribution < 1.29 is 33.8 Å². The Hall–Kier alpha value is -7.23. The first-order valence-electron chi connectivity index (χ1n) is 23.7. The number of aliphatic carboxylic acids is 1. The molecule has 73 heavy (non-hydrogen) atoms. The number of rotatable bonds is 17. The molecule has 0 bridgehead atoms. The molecule has 4 heterocycles. The lowest BCUT2D eigenvalue weighted by molar-refractivity contribution is -0.142. The number of nitrogens with two attached hydrogens (primary N) is 1. The topological polar surface area (TPSA) is 215 Å². The van der Waals surface area contributed by atoms with Crippen LogP contribution >= 0.6 is 12.4 Å². The normalized spacial score (nSPS) is 12.0. The standard InChI is InChI=1S/C28H33N3O4.C17H20N2O2.C11H15NO3.CH4.ClH/c1-6-8-24(31-12-11-18(2)13-25(31)32)28(34)30-23(15-26(33)35-5)21-14-22(17-29-16-21)27-19(3)9-7-10-20(27)4;1-11-5-4-6-12(2)17(11)14-7-13(9-19-10-14)15(18)8-16(20)21-3;1-3-4-9(11(14)15)12-6-5-8(2)7-10(12)13;;/h7,9-14,16-17,23-24H,6,8,15H2,1-5H3,(H,30,34);4-7,9-10,15H,8,18H2,1-3H3;5-7,9H,3-4H2,1-2H3,(H,14,15);1H4;1H/t23-,24?;15-;9-;;/m000../s1. The molecule has 4 atom stereocenters. The lowest BCUT2D eigenvalue weighted by Gasteiger charge is -2.24. The van der Waals surface area contributed by atoms with Crippen LogP contribution in [-0.4, -0.2) is 62.2 Å². The number of nitrogens with zero attached hydrogens (tertiary/aromatic N) is 4. The number of hydrogen-bond acceptors (Lipinski definition) is 11. The Labute approximate surface area is 435 Å². The molecule has 0 saturated heterocycles. The summed E-state index contributed by atoms with van der Waals surface area (Å²) < 4.78 is 12.3. The van der Waals surface area contributed by atoms with Crippen molar-refractivity contribution in [1.82, 2.24) is 24.4 Å². The highest BCUT2D eigenvalue weighted by Crippen LogP contribution is 2.31. The molecule has 0 aliphatic carbocycles. The van der Waals surface area contributed by atoms with Gasteiger partial charge in [0.15, 0.2) is 0 Å². The van der Waals surface area contributed by atoms with E-state index in [9.17, 15) is 28.8 Å². The number of aryl methyl sites for hydroxylation is 6. The third kappa shape index (κ3) is 17.5. The predicted molar refractivity (Wildman–Crippen MR) is 290 cm³/mol. The van der Waals surface area contributed by atoms with E-state index >= 15 is 0 Å². The molecule has 0 saturated carbocycles. The maximum atomic E-state index is 13.4. The van der Waals surface area contributed by atoms with Gasteiger partial charge in [0.25, 0.3) is 11.1 Å². The number of benzene rings is 2. The molecule has 0 aliphatic rings. The van der Waals surface area contributed by atoms with Crippen molar-refractivity contribution in [3.05, 3.63) is 175 Å². The summed E-state index contributed by atoms with van der Waals surface area (Å²) in [5.41, 5.74) is 17.5. The number of nitrogens with one attached hydrogen (secondary N) is 1. The third-order valence-corrected chi connectivity index (χ3v) is 12.0. The largest absolute Gasteiger partial charge is 0.480 e. The van der Waals surface area contributed by atoms with Crippen LogP contribution in [0.1, 0.15) is 128 Å². The fourth-order valence-corrected chi connectivity index (χ4v) is 8.29. The lowest BCUT2D eigenvalue weighted by atomic mass is 9.94. The van der Waals surface area contributed by atoms with Crippen LogP contribution in [0.5, 0.6) is 0 Å². The first kappa shape index (κ1) is 61.9. The lowest BCUT2D eigenvalue weighted by Crippen LogP contribution is -2.39. The Morgan fingerprint density at radius 1 is 0.630 bits per heavy atom. The SMILES string of the molecule is C.CCCC(C(=O)N[C@@H](CC(=O)OC)c1cncc(-c2c(C)cccc2C)c1)n1ccc(C)cc1=O.CCC[C@@H](C(=O)O)n1ccc(C)cc1=O.COC(=O)C[C@H](N)c1cncc(-c2c(C)cccc2C)c1.Cl. The van der Waals surface area contributed by atoms with Crippen molar-refractivity contribution in [3.8, 4) is 22.3 Å². The number of carbonyl (C=O) groups is 4. The van der Waals surface area contributed by atoms with E-state index in [0.717, 1.165) is 56.5 Å². The molecule has 1 amide bonds. The Morgan fingerprint density at radius 2 is 1.04 bits per heavy atom. The highest BCUT2D eigenvalue weighted by atomic mass is 35.5. The number of amides is 1. The van der Waals surface area contributed by atoms with Gasteiger partial charge >= 0.3 is 17.9 Å². The summed E-state index contributed by atoms with van der Waals surface area (Å²) in [5, 5.41) is 12.0. The summed E-state index contributed by atoms with van der Waals surface area (Å²) >= 11 is 0. The Kier molecular flexibility index (Phi) is 25.4. The van der Waals surface area contributed by atoms with Gasteiger partial charge in [-0.05, 0) is 134 Å². The van der Waals surface area contributed by atoms with Crippen molar-refractivity contribution in [2.75, 3.05) is 14.2 Å². The molecule has 0 aliphatic heterocycles. The number of esters is 2. The molecule has 4 N–H and O–H groups in total. The zero-order chi connectivity index (χ0) is 52.4. The highest BCUT2D eigenvalue weighted by molar-refractivity contribution is 5.85. The number of aromatic nitrogens is 4. The van der Waals surface area contributed by atoms with Gasteiger partial charge in [-0.15, -0.1) is 12.4 Å². The van der Waals surface area contributed by atoms with Gasteiger partial charge in [0, 0.05) is 66.5 Å². The van der Waals surface area contributed by atoms with E-state index in [1.54, 1.807) is 50.0 Å². The molecule has 392 valence electrons. The van der Waals surface area contributed by atoms with Crippen molar-refractivity contribution in [2.45, 2.75) is 126 Å². The van der Waals surface area contributed by atoms with E-state index in [2.05, 4.69) is 46.0 Å². The minimum absolute atomic E-state index is 0. The Balaban J connectivity index is 0.000000408. The summed E-state index contributed by atoms with van der Waals surface area (Å²) in [7, 11) is 2.68. The molecule has 0 spiro atoms. The average molecular weight is 1020 g/mol. The second kappa shape index (κ2) is 30.0. The minimum atomic E-state index is -0.956. The van der Waals surface area contributed by atoms with E-state index < -0.39 is 36.1 Å². The number of pyridine rings is 4. The van der Waals surface area contributed by atoms with Crippen LogP contribution in [0.2, 0.25) is 0 Å². The zero-order valence-electron chi connectivity index (χ0n) is 42.9. The highest BCUT2D eigenvalue weighted by Gasteiger charge is 2.27. The maximum absolute atomic E-state index is 13.4. The van der Waals surface area contributed by atoms with Crippen LogP contribution in [0.15, 0.2) is 120 Å². The summed E-state index contributed by atoms with van der Waals surface area (Å²) in [4.78, 5) is 80.8. The van der Waals surface area contributed by atoms with E-state index in [4.69, 9.17) is 15.6 Å². The molecule has 6 rings (SSSR count). The number of halogens is 1. The third-order valence-electron chi connectivity index (χ3n) is 12.0. The minimum Gasteiger partial charge on any atom is -0.480 e. The Bertz CT molecular complexity index is 2880. The number of carbonyl (C=O) groups excluding carboxylic acids is 3. The summed E-state index contributed by atoms with van der Waals surface area (Å²) in [5.74, 6) is -2.06. The average Bonchev–Trinajstić information content (AvgIpc) is 3.33. The smallest absolute Gasteiger partial charge is 0.326 e. The molecule has 0 fully saturated rings. The fourth-order valence-electron chi connectivity index (χ4n) is 8.29. The molecular weight excluding hydrogens is 948 g/mol. The van der Waals surface area contributed by atoms with Crippen LogP contribution in [0.25, 0.3) is 22.3 Å². The molecule has 15 nitrogen and oxygen atoms in total. The van der Waals surface area contributed by atoms with Gasteiger partial charge in [0.2, 0.25) is 5.91 Å². The van der Waals surface area contributed by atoms with Crippen LogP contribution in [-0.2, 0) is 28.7 Å². The first-order valence-corrected chi connectivity index (χ1v) is 23.7. The van der Waals surface area contributed by atoms with Crippen LogP contribution in [0.3, 0.4) is 0 Å². The van der Waals surface area contributed by atoms with E-state index in [-0.39, 0.29) is 55.7 Å². The number of ether oxygens (including phenoxy) is 2. The van der Waals surface area contributed by atoms with E-state index in [1.807, 2.05) is 77.2 Å². The van der Waals surface area contributed by atoms with Gasteiger partial charge in [-0.1, -0.05) is 70.5 Å². The van der Waals surface area contributed by atoms with Crippen molar-refractivity contribution in [2.24, 2.45) is 5.73 Å². The van der Waals surface area contributed by atoms with Gasteiger partial charge in [0.05, 0.1) is 33.1 Å². The van der Waals surface area contributed by atoms with Crippen molar-refractivity contribution >= 4 is 36.2 Å². The number of carboxylic acid groups (broad SMARTS) is 1. The molecular formula is C57H73ClN6O9. The first-order chi connectivity index (χ1) is 33.8. The molecule has 6 aromatic rings. The fraction of sp³-hybridized carbons (Fsp3) is 0.368. The van der Waals surface area contributed by atoms with E-state index in [1.165, 1.54) is 46.6 Å². The second-order valence-electron chi connectivity index (χ2n) is 17.6. The number of hydrogen-bond donors (Lipinski definition) is 3. The van der Waals surface area contributed by atoms with Crippen LogP contribution < -0.4 is 22.2 Å². The maximum Gasteiger partial charge on any atom is 0.326 e. The van der Waals surface area contributed by atoms with Crippen LogP contribution in [0.4, 0.5) is 0 Å². The van der Waals surface area contributed by atoms with Gasteiger partial charge in [0.1, 0.15) is 12.1 Å². The molecule has 2 aromatic carbocycles. The van der Waals surface area contributed by atoms with Gasteiger partial charge in [-0.3, -0.25) is 33.9 Å². The zero-order valence-corrected chi connectivity index (χ0v) is 43.7. The van der Waals surface area contributed by atoms with Crippen molar-refractivity contribution in [1.29, 1.82) is 0 Å². The quantitative estimate of drug-likeness (QED) is 0.0728. The Morgan fingerprint density at radius 3 is 1.47 bits per heavy atom. The van der Waals surface area contributed by atoms with Crippen molar-refractivity contribution in [3.63, 3.8) is 0 Å². The molecule has 4 aromatic heterocycles. The van der Waals surface area contributed by atoms with Gasteiger partial charge < -0.3 is 34.8 Å². The summed E-state index contributed by atoms with van der Waals surface area (Å²) in [6, 6.07) is 20.2. The molecule has 1 unspecified atom stereocenters. The number of methoxy groups -OCH3 is 2. The predicted octanol–water partition coefficient (Wildman–Crippen LogP) is 10.2. The van der Waals surface area contributed by atoms with Crippen LogP contribution in [0, 0.1) is 41.5 Å². The van der Waals surface area contributed by atoms with Gasteiger partial charge in [-0.2, -0.15) is 0 Å². The molecule has 0 radical (unpaired) electrons. The summed E-state index contributed by atoms with van der Waals surface area (Å²) in [6.45, 7) is 15.7.